The maximum Gasteiger partial charge on any atom is 0.295 e. The molecule has 0 spiro atoms. The third kappa shape index (κ3) is 4.72. The van der Waals surface area contributed by atoms with Crippen molar-refractivity contribution in [1.29, 1.82) is 0 Å². The van der Waals surface area contributed by atoms with Gasteiger partial charge in [0.15, 0.2) is 0 Å². The van der Waals surface area contributed by atoms with Crippen molar-refractivity contribution in [2.75, 3.05) is 11.9 Å². The zero-order chi connectivity index (χ0) is 21.9. The van der Waals surface area contributed by atoms with Crippen LogP contribution in [0.3, 0.4) is 0 Å². The largest absolute Gasteiger partial charge is 0.320 e. The Kier molecular flexibility index (Phi) is 6.59. The number of carbonyl (C=O) groups is 1. The van der Waals surface area contributed by atoms with E-state index in [1.807, 2.05) is 18.2 Å². The minimum atomic E-state index is -3.74. The first kappa shape index (κ1) is 22.0. The molecule has 0 bridgehead atoms. The van der Waals surface area contributed by atoms with Crippen molar-refractivity contribution < 1.29 is 13.2 Å². The zero-order valence-corrected chi connectivity index (χ0v) is 18.8. The number of hydrogen-bond donors (Lipinski definition) is 2. The first-order valence-electron chi connectivity index (χ1n) is 9.10. The topological polar surface area (TPSA) is 102 Å². The number of sulfonamides is 1. The molecule has 2 N–H and O–H groups in total. The highest BCUT2D eigenvalue weighted by Gasteiger charge is 2.19. The summed E-state index contributed by atoms with van der Waals surface area (Å²) in [5.41, 5.74) is 1.08. The molecule has 0 aliphatic heterocycles. The van der Waals surface area contributed by atoms with E-state index in [2.05, 4.69) is 26.0 Å². The second-order valence-corrected chi connectivity index (χ2v) is 9.27. The van der Waals surface area contributed by atoms with E-state index in [1.165, 1.54) is 16.8 Å². The van der Waals surface area contributed by atoms with Crippen LogP contribution in [0.15, 0.2) is 68.8 Å². The van der Waals surface area contributed by atoms with Gasteiger partial charge in [0.2, 0.25) is 15.9 Å². The molecule has 0 radical (unpaired) electrons. The van der Waals surface area contributed by atoms with E-state index in [-0.39, 0.29) is 29.1 Å². The molecule has 10 heteroatoms. The Morgan fingerprint density at radius 3 is 2.47 bits per heavy atom. The molecule has 0 fully saturated rings. The van der Waals surface area contributed by atoms with Crippen molar-refractivity contribution in [3.8, 4) is 5.69 Å². The van der Waals surface area contributed by atoms with Crippen LogP contribution < -0.4 is 15.6 Å². The quantitative estimate of drug-likeness (QED) is 0.528. The fourth-order valence-corrected chi connectivity index (χ4v) is 4.56. The lowest BCUT2D eigenvalue weighted by molar-refractivity contribution is -0.116. The molecule has 0 aliphatic rings. The molecule has 8 nitrogen and oxygen atoms in total. The Morgan fingerprint density at radius 2 is 1.80 bits per heavy atom. The number of anilines is 1. The van der Waals surface area contributed by atoms with E-state index in [4.69, 9.17) is 0 Å². The van der Waals surface area contributed by atoms with Crippen molar-refractivity contribution in [1.82, 2.24) is 14.1 Å². The van der Waals surface area contributed by atoms with Crippen LogP contribution in [0.1, 0.15) is 12.1 Å². The van der Waals surface area contributed by atoms with Gasteiger partial charge >= 0.3 is 0 Å². The Morgan fingerprint density at radius 1 is 1.10 bits per heavy atom. The predicted molar refractivity (Wildman–Crippen MR) is 118 cm³/mol. The fourth-order valence-electron chi connectivity index (χ4n) is 2.93. The molecule has 2 aromatic carbocycles. The Hall–Kier alpha value is -2.69. The second-order valence-electron chi connectivity index (χ2n) is 6.59. The van der Waals surface area contributed by atoms with Gasteiger partial charge in [0.1, 0.15) is 5.69 Å². The number of hydrogen-bond acceptors (Lipinski definition) is 4. The number of benzene rings is 2. The molecule has 0 saturated carbocycles. The Bertz CT molecular complexity index is 1230. The van der Waals surface area contributed by atoms with E-state index >= 15 is 0 Å². The van der Waals surface area contributed by atoms with Crippen LogP contribution in [-0.4, -0.2) is 30.2 Å². The number of aromatic nitrogens is 2. The summed E-state index contributed by atoms with van der Waals surface area (Å²) in [7, 11) is -2.01. The predicted octanol–water partition coefficient (Wildman–Crippen LogP) is 2.55. The normalized spacial score (nSPS) is 11.4. The van der Waals surface area contributed by atoms with Gasteiger partial charge in [-0.2, -0.15) is 0 Å². The van der Waals surface area contributed by atoms with Gasteiger partial charge in [-0.3, -0.25) is 14.3 Å². The minimum Gasteiger partial charge on any atom is -0.320 e. The number of rotatable bonds is 7. The summed E-state index contributed by atoms with van der Waals surface area (Å²) < 4.78 is 30.8. The molecule has 1 aromatic heterocycles. The third-order valence-electron chi connectivity index (χ3n) is 4.57. The van der Waals surface area contributed by atoms with E-state index < -0.39 is 15.9 Å². The summed E-state index contributed by atoms with van der Waals surface area (Å²) in [6.45, 7) is 1.63. The fraction of sp³-hybridized carbons (Fsp3) is 0.200. The standard InChI is InChI=1S/C20H21BrN4O4S/c1-14-19(20(27)25(24(14)2)16-8-4-3-5-9-16)23-18(26)11-12-22-30(28,29)17-10-6-7-15(21)13-17/h3-10,13,22H,11-12H2,1-2H3,(H,23,26). The van der Waals surface area contributed by atoms with E-state index in [9.17, 15) is 18.0 Å². The number of nitrogens with one attached hydrogen (secondary N) is 2. The smallest absolute Gasteiger partial charge is 0.295 e. The monoisotopic (exact) mass is 492 g/mol. The molecular formula is C20H21BrN4O4S. The van der Waals surface area contributed by atoms with E-state index in [1.54, 1.807) is 42.9 Å². The van der Waals surface area contributed by atoms with Crippen LogP contribution in [-0.2, 0) is 21.9 Å². The van der Waals surface area contributed by atoms with Gasteiger partial charge in [-0.15, -0.1) is 0 Å². The van der Waals surface area contributed by atoms with Crippen LogP contribution in [0.25, 0.3) is 5.69 Å². The average molecular weight is 493 g/mol. The van der Waals surface area contributed by atoms with Crippen molar-refractivity contribution in [3.05, 3.63) is 75.1 Å². The van der Waals surface area contributed by atoms with Gasteiger partial charge < -0.3 is 5.32 Å². The number of para-hydroxylation sites is 1. The van der Waals surface area contributed by atoms with Gasteiger partial charge in [0.25, 0.3) is 5.56 Å². The minimum absolute atomic E-state index is 0.0978. The van der Waals surface area contributed by atoms with Crippen LogP contribution in [0.2, 0.25) is 0 Å². The maximum atomic E-state index is 12.8. The molecule has 3 aromatic rings. The van der Waals surface area contributed by atoms with Crippen LogP contribution in [0, 0.1) is 6.92 Å². The summed E-state index contributed by atoms with van der Waals surface area (Å²) in [4.78, 5) is 25.2. The molecule has 0 unspecified atom stereocenters. The van der Waals surface area contributed by atoms with E-state index in [0.717, 1.165) is 0 Å². The number of carbonyl (C=O) groups excluding carboxylic acids is 1. The van der Waals surface area contributed by atoms with E-state index in [0.29, 0.717) is 15.9 Å². The molecule has 30 heavy (non-hydrogen) atoms. The highest BCUT2D eigenvalue weighted by atomic mass is 79.9. The SMILES string of the molecule is Cc1c(NC(=O)CCNS(=O)(=O)c2cccc(Br)c2)c(=O)n(-c2ccccc2)n1C. The molecule has 3 rings (SSSR count). The first-order valence-corrected chi connectivity index (χ1v) is 11.4. The van der Waals surface area contributed by atoms with Crippen molar-refractivity contribution in [2.45, 2.75) is 18.2 Å². The first-order chi connectivity index (χ1) is 14.2. The molecule has 158 valence electrons. The summed E-state index contributed by atoms with van der Waals surface area (Å²) in [6.07, 6.45) is -0.119. The summed E-state index contributed by atoms with van der Waals surface area (Å²) in [5.74, 6) is -0.460. The number of halogens is 1. The highest BCUT2D eigenvalue weighted by Crippen LogP contribution is 2.16. The molecule has 0 atom stereocenters. The summed E-state index contributed by atoms with van der Waals surface area (Å²) in [6, 6.07) is 15.3. The maximum absolute atomic E-state index is 12.8. The lowest BCUT2D eigenvalue weighted by atomic mass is 10.3. The molecule has 0 saturated heterocycles. The second kappa shape index (κ2) is 8.99. The van der Waals surface area contributed by atoms with Crippen LogP contribution in [0.4, 0.5) is 5.69 Å². The van der Waals surface area contributed by atoms with Crippen molar-refractivity contribution in [3.63, 3.8) is 0 Å². The van der Waals surface area contributed by atoms with Gasteiger partial charge in [0.05, 0.1) is 16.3 Å². The Balaban J connectivity index is 1.68. The number of nitrogens with zero attached hydrogens (tertiary/aromatic N) is 2. The molecule has 1 amide bonds. The van der Waals surface area contributed by atoms with Gasteiger partial charge in [-0.1, -0.05) is 40.2 Å². The highest BCUT2D eigenvalue weighted by molar-refractivity contribution is 9.10. The third-order valence-corrected chi connectivity index (χ3v) is 6.52. The lowest BCUT2D eigenvalue weighted by Crippen LogP contribution is -2.29. The van der Waals surface area contributed by atoms with Crippen molar-refractivity contribution in [2.24, 2.45) is 7.05 Å². The zero-order valence-electron chi connectivity index (χ0n) is 16.4. The lowest BCUT2D eigenvalue weighted by Gasteiger charge is -2.08. The molecule has 1 heterocycles. The molecular weight excluding hydrogens is 472 g/mol. The average Bonchev–Trinajstić information content (AvgIpc) is 2.92. The van der Waals surface area contributed by atoms with Crippen LogP contribution >= 0.6 is 15.9 Å². The number of amides is 1. The van der Waals surface area contributed by atoms with Gasteiger partial charge in [-0.25, -0.2) is 17.8 Å². The van der Waals surface area contributed by atoms with Crippen LogP contribution in [0.5, 0.6) is 0 Å². The van der Waals surface area contributed by atoms with Gasteiger partial charge in [-0.05, 0) is 37.3 Å². The summed E-state index contributed by atoms with van der Waals surface area (Å²) >= 11 is 3.23. The van der Waals surface area contributed by atoms with Crippen molar-refractivity contribution >= 4 is 37.5 Å². The molecule has 0 aliphatic carbocycles. The Labute approximate surface area is 182 Å². The van der Waals surface area contributed by atoms with Gasteiger partial charge in [0, 0.05) is 24.5 Å². The summed E-state index contributed by atoms with van der Waals surface area (Å²) in [5, 5.41) is 2.61.